The van der Waals surface area contributed by atoms with Crippen molar-refractivity contribution in [1.29, 1.82) is 0 Å². The Labute approximate surface area is 144 Å². The van der Waals surface area contributed by atoms with Gasteiger partial charge < -0.3 is 9.84 Å². The number of aliphatic hydroxyl groups is 1. The summed E-state index contributed by atoms with van der Waals surface area (Å²) in [6, 6.07) is 9.01. The lowest BCUT2D eigenvalue weighted by Crippen LogP contribution is -2.21. The molecule has 130 valence electrons. The highest BCUT2D eigenvalue weighted by molar-refractivity contribution is 9.10. The Hall–Kier alpha value is -1.78. The molecule has 0 aliphatic heterocycles. The highest BCUT2D eigenvalue weighted by atomic mass is 79.9. The Balaban J connectivity index is 2.41. The van der Waals surface area contributed by atoms with Crippen molar-refractivity contribution in [3.63, 3.8) is 0 Å². The molecule has 2 rings (SSSR count). The van der Waals surface area contributed by atoms with Crippen LogP contribution in [0.25, 0.3) is 0 Å². The van der Waals surface area contributed by atoms with Crippen LogP contribution in [0, 0.1) is 0 Å². The second-order valence-electron chi connectivity index (χ2n) is 4.60. The Morgan fingerprint density at radius 1 is 1.17 bits per heavy atom. The van der Waals surface area contributed by atoms with Crippen LogP contribution in [0.4, 0.5) is 18.9 Å². The predicted octanol–water partition coefficient (Wildman–Crippen LogP) is 3.64. The van der Waals surface area contributed by atoms with Gasteiger partial charge in [0.05, 0.1) is 6.61 Å². The molecule has 2 aromatic carbocycles. The lowest BCUT2D eigenvalue weighted by molar-refractivity contribution is -0.275. The summed E-state index contributed by atoms with van der Waals surface area (Å²) in [5.74, 6) is -0.859. The SMILES string of the molecule is O=S(=O)(Nc1cccc(CO)c1)c1ccc(Br)cc1OC(F)(F)F. The smallest absolute Gasteiger partial charge is 0.404 e. The summed E-state index contributed by atoms with van der Waals surface area (Å²) in [6.07, 6.45) is -5.04. The van der Waals surface area contributed by atoms with Crippen LogP contribution < -0.4 is 9.46 Å². The quantitative estimate of drug-likeness (QED) is 0.766. The lowest BCUT2D eigenvalue weighted by Gasteiger charge is -2.15. The first kappa shape index (κ1) is 18.6. The van der Waals surface area contributed by atoms with Gasteiger partial charge in [-0.2, -0.15) is 0 Å². The lowest BCUT2D eigenvalue weighted by atomic mass is 10.2. The zero-order valence-corrected chi connectivity index (χ0v) is 14.2. The molecule has 10 heteroatoms. The van der Waals surface area contributed by atoms with Crippen LogP contribution in [0.2, 0.25) is 0 Å². The maximum atomic E-state index is 12.5. The fraction of sp³-hybridized carbons (Fsp3) is 0.143. The number of alkyl halides is 3. The van der Waals surface area contributed by atoms with Gasteiger partial charge in [-0.1, -0.05) is 28.1 Å². The molecule has 0 aromatic heterocycles. The summed E-state index contributed by atoms with van der Waals surface area (Å²) >= 11 is 2.97. The van der Waals surface area contributed by atoms with E-state index >= 15 is 0 Å². The second kappa shape index (κ2) is 6.99. The minimum absolute atomic E-state index is 0.0995. The van der Waals surface area contributed by atoms with E-state index in [4.69, 9.17) is 5.11 Å². The van der Waals surface area contributed by atoms with Crippen LogP contribution in [0.3, 0.4) is 0 Å². The summed E-state index contributed by atoms with van der Waals surface area (Å²) in [6.45, 7) is -0.309. The first-order valence-electron chi connectivity index (χ1n) is 6.38. The Kier molecular flexibility index (Phi) is 5.41. The number of hydrogen-bond acceptors (Lipinski definition) is 4. The van der Waals surface area contributed by atoms with Crippen LogP contribution in [0.15, 0.2) is 51.8 Å². The highest BCUT2D eigenvalue weighted by Crippen LogP contribution is 2.33. The van der Waals surface area contributed by atoms with Gasteiger partial charge in [0.2, 0.25) is 0 Å². The number of nitrogens with one attached hydrogen (secondary N) is 1. The molecule has 0 saturated carbocycles. The van der Waals surface area contributed by atoms with Crippen molar-refractivity contribution < 1.29 is 31.4 Å². The van der Waals surface area contributed by atoms with Gasteiger partial charge in [-0.05, 0) is 35.9 Å². The molecule has 0 aliphatic rings. The van der Waals surface area contributed by atoms with Gasteiger partial charge in [0.15, 0.2) is 5.75 Å². The third kappa shape index (κ3) is 4.86. The van der Waals surface area contributed by atoms with Crippen molar-refractivity contribution in [2.45, 2.75) is 17.9 Å². The summed E-state index contributed by atoms with van der Waals surface area (Å²) < 4.78 is 68.4. The third-order valence-corrected chi connectivity index (χ3v) is 4.70. The van der Waals surface area contributed by atoms with Crippen molar-refractivity contribution in [2.24, 2.45) is 0 Å². The van der Waals surface area contributed by atoms with E-state index in [1.807, 2.05) is 0 Å². The molecule has 24 heavy (non-hydrogen) atoms. The van der Waals surface area contributed by atoms with Crippen molar-refractivity contribution in [1.82, 2.24) is 0 Å². The van der Waals surface area contributed by atoms with E-state index in [9.17, 15) is 21.6 Å². The maximum Gasteiger partial charge on any atom is 0.573 e. The average Bonchev–Trinajstić information content (AvgIpc) is 2.45. The van der Waals surface area contributed by atoms with Crippen molar-refractivity contribution >= 4 is 31.6 Å². The minimum Gasteiger partial charge on any atom is -0.404 e. The molecule has 0 saturated heterocycles. The van der Waals surface area contributed by atoms with E-state index in [0.29, 0.717) is 5.56 Å². The van der Waals surface area contributed by atoms with Crippen LogP contribution in [-0.4, -0.2) is 19.9 Å². The Morgan fingerprint density at radius 2 is 1.88 bits per heavy atom. The van der Waals surface area contributed by atoms with Gasteiger partial charge in [0.25, 0.3) is 10.0 Å². The molecule has 0 heterocycles. The van der Waals surface area contributed by atoms with Gasteiger partial charge in [-0.3, -0.25) is 4.72 Å². The highest BCUT2D eigenvalue weighted by Gasteiger charge is 2.34. The van der Waals surface area contributed by atoms with Crippen LogP contribution in [-0.2, 0) is 16.6 Å². The van der Waals surface area contributed by atoms with Crippen LogP contribution in [0.5, 0.6) is 5.75 Å². The normalized spacial score (nSPS) is 12.0. The number of ether oxygens (including phenoxy) is 1. The summed E-state index contributed by atoms with van der Waals surface area (Å²) in [5, 5.41) is 9.05. The zero-order valence-electron chi connectivity index (χ0n) is 11.8. The Morgan fingerprint density at radius 3 is 2.50 bits per heavy atom. The molecule has 0 atom stereocenters. The predicted molar refractivity (Wildman–Crippen MR) is 84.0 cm³/mol. The minimum atomic E-state index is -5.04. The zero-order chi connectivity index (χ0) is 18.0. The van der Waals surface area contributed by atoms with E-state index in [1.54, 1.807) is 6.07 Å². The molecule has 0 spiro atoms. The first-order valence-corrected chi connectivity index (χ1v) is 8.66. The molecular weight excluding hydrogens is 415 g/mol. The molecule has 0 bridgehead atoms. The number of benzene rings is 2. The molecule has 0 radical (unpaired) electrons. The van der Waals surface area contributed by atoms with Crippen molar-refractivity contribution in [2.75, 3.05) is 4.72 Å². The van der Waals surface area contributed by atoms with Gasteiger partial charge in [-0.25, -0.2) is 8.42 Å². The molecule has 5 nitrogen and oxygen atoms in total. The second-order valence-corrected chi connectivity index (χ2v) is 7.17. The summed E-state index contributed by atoms with van der Waals surface area (Å²) in [5.41, 5.74) is 0.542. The number of anilines is 1. The van der Waals surface area contributed by atoms with Gasteiger partial charge in [0, 0.05) is 10.2 Å². The van der Waals surface area contributed by atoms with E-state index in [0.717, 1.165) is 12.1 Å². The van der Waals surface area contributed by atoms with E-state index in [1.165, 1.54) is 24.3 Å². The fourth-order valence-corrected chi connectivity index (χ4v) is 3.35. The van der Waals surface area contributed by atoms with E-state index in [-0.39, 0.29) is 16.8 Å². The van der Waals surface area contributed by atoms with Crippen LogP contribution in [0.1, 0.15) is 5.56 Å². The molecule has 2 N–H and O–H groups in total. The van der Waals surface area contributed by atoms with E-state index in [2.05, 4.69) is 25.4 Å². The topological polar surface area (TPSA) is 75.6 Å². The number of sulfonamides is 1. The first-order chi connectivity index (χ1) is 11.1. The monoisotopic (exact) mass is 425 g/mol. The number of hydrogen-bond donors (Lipinski definition) is 2. The molecule has 0 amide bonds. The molecule has 0 fully saturated rings. The molecule has 2 aromatic rings. The van der Waals surface area contributed by atoms with Gasteiger partial charge in [-0.15, -0.1) is 13.2 Å². The fourth-order valence-electron chi connectivity index (χ4n) is 1.85. The Bertz CT molecular complexity index is 840. The standard InChI is InChI=1S/C14H11BrF3NO4S/c15-10-4-5-13(12(7-10)23-14(16,17)18)24(21,22)19-11-3-1-2-9(6-11)8-20/h1-7,19-20H,8H2. The summed E-state index contributed by atoms with van der Waals surface area (Å²) in [7, 11) is -4.34. The third-order valence-electron chi connectivity index (χ3n) is 2.78. The van der Waals surface area contributed by atoms with Gasteiger partial charge >= 0.3 is 6.36 Å². The van der Waals surface area contributed by atoms with Crippen molar-refractivity contribution in [3.05, 3.63) is 52.5 Å². The largest absolute Gasteiger partial charge is 0.573 e. The number of rotatable bonds is 5. The number of aliphatic hydroxyl groups excluding tert-OH is 1. The molecule has 0 aliphatic carbocycles. The van der Waals surface area contributed by atoms with Crippen LogP contribution >= 0.6 is 15.9 Å². The average molecular weight is 426 g/mol. The molecular formula is C14H11BrF3NO4S. The van der Waals surface area contributed by atoms with Gasteiger partial charge in [0.1, 0.15) is 4.90 Å². The molecule has 0 unspecified atom stereocenters. The van der Waals surface area contributed by atoms with Crippen molar-refractivity contribution in [3.8, 4) is 5.75 Å². The number of halogens is 4. The maximum absolute atomic E-state index is 12.5. The summed E-state index contributed by atoms with van der Waals surface area (Å²) in [4.78, 5) is -0.669. The van der Waals surface area contributed by atoms with E-state index < -0.39 is 27.0 Å².